The van der Waals surface area contributed by atoms with Crippen molar-refractivity contribution in [2.45, 2.75) is 25.9 Å². The van der Waals surface area contributed by atoms with Gasteiger partial charge >= 0.3 is 5.97 Å². The number of aromatic carboxylic acids is 1. The number of thiazole rings is 2. The summed E-state index contributed by atoms with van der Waals surface area (Å²) in [6, 6.07) is 23.3. The minimum atomic E-state index is -0.857. The van der Waals surface area contributed by atoms with Crippen LogP contribution in [0.5, 0.6) is 0 Å². The molecule has 9 nitrogen and oxygen atoms in total. The van der Waals surface area contributed by atoms with Crippen LogP contribution in [0.2, 0.25) is 0 Å². The molecule has 6 aromatic rings. The van der Waals surface area contributed by atoms with E-state index in [0.29, 0.717) is 50.9 Å². The summed E-state index contributed by atoms with van der Waals surface area (Å²) in [4.78, 5) is 33.0. The maximum atomic E-state index is 14.1. The van der Waals surface area contributed by atoms with Crippen LogP contribution in [-0.4, -0.2) is 27.0 Å². The Morgan fingerprint density at radius 2 is 1.25 bits per heavy atom. The Labute approximate surface area is 323 Å². The molecule has 272 valence electrons. The zero-order chi connectivity index (χ0) is 38.9. The van der Waals surface area contributed by atoms with Gasteiger partial charge in [0.2, 0.25) is 0 Å². The van der Waals surface area contributed by atoms with Gasteiger partial charge in [0.05, 0.1) is 35.4 Å². The van der Waals surface area contributed by atoms with Crippen LogP contribution in [0.4, 0.5) is 8.78 Å². The monoisotopic (exact) mass is 768 g/mol. The highest BCUT2D eigenvalue weighted by Crippen LogP contribution is 2.29. The molecule has 0 saturated carbocycles. The molecular formula is C42H30F2N6O3S2. The number of amides is 1. The molecule has 1 amide bonds. The van der Waals surface area contributed by atoms with Gasteiger partial charge in [0.15, 0.2) is 0 Å². The van der Waals surface area contributed by atoms with Gasteiger partial charge in [0.1, 0.15) is 21.6 Å². The molecule has 2 aromatic heterocycles. The number of carbonyl (C=O) groups is 2. The van der Waals surface area contributed by atoms with Gasteiger partial charge in [0, 0.05) is 45.4 Å². The molecule has 0 saturated heterocycles. The maximum Gasteiger partial charge on any atom is 0.335 e. The molecule has 0 unspecified atom stereocenters. The fraction of sp³-hybridized carbons (Fsp3) is 0.0952. The summed E-state index contributed by atoms with van der Waals surface area (Å²) in [7, 11) is 0. The largest absolute Gasteiger partial charge is 0.478 e. The third-order valence-corrected chi connectivity index (χ3v) is 10.5. The van der Waals surface area contributed by atoms with Gasteiger partial charge < -0.3 is 16.2 Å². The third-order valence-electron chi connectivity index (χ3n) is 8.45. The van der Waals surface area contributed by atoms with Gasteiger partial charge in [-0.2, -0.15) is 10.5 Å². The van der Waals surface area contributed by atoms with E-state index in [-0.39, 0.29) is 11.5 Å². The molecule has 0 fully saturated rings. The first kappa shape index (κ1) is 38.1. The lowest BCUT2D eigenvalue weighted by Gasteiger charge is -2.06. The first-order valence-corrected chi connectivity index (χ1v) is 18.4. The first-order valence-electron chi connectivity index (χ1n) is 16.8. The van der Waals surface area contributed by atoms with E-state index in [1.807, 2.05) is 48.6 Å². The van der Waals surface area contributed by atoms with Gasteiger partial charge in [-0.3, -0.25) is 4.79 Å². The van der Waals surface area contributed by atoms with Gasteiger partial charge in [-0.05, 0) is 95.8 Å². The summed E-state index contributed by atoms with van der Waals surface area (Å²) in [5.41, 5.74) is 12.3. The number of fused-ring (bicyclic) bond motifs is 2. The summed E-state index contributed by atoms with van der Waals surface area (Å²) >= 11 is 2.67. The van der Waals surface area contributed by atoms with Crippen molar-refractivity contribution in [3.8, 4) is 33.3 Å². The number of benzene rings is 4. The smallest absolute Gasteiger partial charge is 0.335 e. The van der Waals surface area contributed by atoms with Crippen LogP contribution >= 0.6 is 22.7 Å². The molecule has 0 spiro atoms. The molecule has 0 atom stereocenters. The fourth-order valence-corrected chi connectivity index (χ4v) is 7.31. The van der Waals surface area contributed by atoms with Crippen molar-refractivity contribution in [1.82, 2.24) is 15.3 Å². The van der Waals surface area contributed by atoms with Crippen LogP contribution in [0.25, 0.3) is 33.3 Å². The lowest BCUT2D eigenvalue weighted by molar-refractivity contribution is 0.0696. The highest BCUT2D eigenvalue weighted by atomic mass is 32.1. The van der Waals surface area contributed by atoms with E-state index in [2.05, 4.69) is 27.4 Å². The maximum absolute atomic E-state index is 14.1. The quantitative estimate of drug-likeness (QED) is 0.145. The van der Waals surface area contributed by atoms with Gasteiger partial charge in [-0.15, -0.1) is 22.7 Å². The van der Waals surface area contributed by atoms with Crippen molar-refractivity contribution in [2.75, 3.05) is 0 Å². The number of nitrogens with two attached hydrogens (primary N) is 1. The van der Waals surface area contributed by atoms with E-state index in [1.165, 1.54) is 34.8 Å². The second-order valence-electron chi connectivity index (χ2n) is 12.1. The predicted octanol–water partition coefficient (Wildman–Crippen LogP) is 8.55. The molecule has 0 bridgehead atoms. The average molecular weight is 769 g/mol. The summed E-state index contributed by atoms with van der Waals surface area (Å²) in [5, 5.41) is 30.1. The zero-order valence-electron chi connectivity index (χ0n) is 28.9. The van der Waals surface area contributed by atoms with Crippen molar-refractivity contribution >= 4 is 46.7 Å². The SMILES string of the molecule is N#Cc1ccc(-c2ncc(CN)s2)c(F)c1.N#Cc1ccc(-c2ncc(CNC(=O)c3ccc4c(c3)CC=C4)s2)c(F)c1.O=C(O)c1ccc2c(c1)CC=C2. The summed E-state index contributed by atoms with van der Waals surface area (Å²) in [6.07, 6.45) is 13.2. The van der Waals surface area contributed by atoms with Gasteiger partial charge in [-0.25, -0.2) is 23.5 Å². The molecule has 4 aromatic carbocycles. The molecule has 0 aliphatic heterocycles. The number of allylic oxidation sites excluding steroid dienone is 2. The van der Waals surface area contributed by atoms with Crippen molar-refractivity contribution in [1.29, 1.82) is 10.5 Å². The second-order valence-corrected chi connectivity index (χ2v) is 14.3. The Morgan fingerprint density at radius 1 is 0.745 bits per heavy atom. The molecule has 55 heavy (non-hydrogen) atoms. The number of carboxylic acid groups (broad SMARTS) is 1. The number of hydrogen-bond acceptors (Lipinski definition) is 9. The third kappa shape index (κ3) is 9.30. The highest BCUT2D eigenvalue weighted by molar-refractivity contribution is 7.15. The topological polar surface area (TPSA) is 166 Å². The lowest BCUT2D eigenvalue weighted by atomic mass is 10.1. The Hall–Kier alpha value is -6.64. The standard InChI is InChI=1S/C21H14FN3OS.C11H8FN3S.C10H8O2/c22-19-8-13(10-23)4-7-18(19)21-25-12-17(27-21)11-24-20(26)16-6-5-14-2-1-3-15(14)9-16;12-10-3-7(4-13)1-2-9(10)11-15-6-8(5-14)16-11;11-10(12)9-5-4-7-2-1-3-8(7)6-9/h1-2,4-9,12H,3,11H2,(H,24,26);1-3,6H,5,14H2;1-2,4-6H,3H2,(H,11,12). The summed E-state index contributed by atoms with van der Waals surface area (Å²) in [5.74, 6) is -1.92. The van der Waals surface area contributed by atoms with Crippen molar-refractivity contribution < 1.29 is 23.5 Å². The normalized spacial score (nSPS) is 11.6. The van der Waals surface area contributed by atoms with E-state index in [9.17, 15) is 18.4 Å². The first-order chi connectivity index (χ1) is 26.6. The number of nitriles is 2. The number of halogens is 2. The highest BCUT2D eigenvalue weighted by Gasteiger charge is 2.14. The molecule has 2 aliphatic rings. The minimum absolute atomic E-state index is 0.149. The molecule has 13 heteroatoms. The fourth-order valence-electron chi connectivity index (χ4n) is 5.62. The number of nitrogens with one attached hydrogen (secondary N) is 1. The van der Waals surface area contributed by atoms with E-state index in [0.717, 1.165) is 44.8 Å². The molecule has 8 rings (SSSR count). The van der Waals surface area contributed by atoms with Crippen LogP contribution in [0.3, 0.4) is 0 Å². The Bertz CT molecular complexity index is 2560. The van der Waals surface area contributed by atoms with Crippen LogP contribution in [0.1, 0.15) is 63.9 Å². The number of carboxylic acids is 1. The van der Waals surface area contributed by atoms with Gasteiger partial charge in [0.25, 0.3) is 5.91 Å². The Kier molecular flexibility index (Phi) is 12.1. The van der Waals surface area contributed by atoms with E-state index in [4.69, 9.17) is 21.4 Å². The Balaban J connectivity index is 0.000000155. The van der Waals surface area contributed by atoms with Crippen LogP contribution < -0.4 is 11.1 Å². The van der Waals surface area contributed by atoms with Crippen molar-refractivity contribution in [3.05, 3.63) is 163 Å². The predicted molar refractivity (Wildman–Crippen MR) is 209 cm³/mol. The van der Waals surface area contributed by atoms with Crippen LogP contribution in [-0.2, 0) is 25.9 Å². The van der Waals surface area contributed by atoms with Crippen LogP contribution in [0.15, 0.2) is 97.3 Å². The average Bonchev–Trinajstić information content (AvgIpc) is 4.04. The number of rotatable bonds is 7. The number of carbonyl (C=O) groups excluding carboxylic acids is 1. The number of hydrogen-bond donors (Lipinski definition) is 3. The van der Waals surface area contributed by atoms with Gasteiger partial charge in [-0.1, -0.05) is 36.4 Å². The zero-order valence-corrected chi connectivity index (χ0v) is 30.6. The summed E-state index contributed by atoms with van der Waals surface area (Å²) in [6.45, 7) is 0.722. The summed E-state index contributed by atoms with van der Waals surface area (Å²) < 4.78 is 27.7. The van der Waals surface area contributed by atoms with E-state index in [1.54, 1.807) is 48.8 Å². The van der Waals surface area contributed by atoms with E-state index >= 15 is 0 Å². The number of aromatic nitrogens is 2. The number of nitrogens with zero attached hydrogens (tertiary/aromatic N) is 4. The molecule has 0 radical (unpaired) electrons. The minimum Gasteiger partial charge on any atom is -0.478 e. The molecule has 2 heterocycles. The molecule has 2 aliphatic carbocycles. The molecule has 4 N–H and O–H groups in total. The van der Waals surface area contributed by atoms with Crippen molar-refractivity contribution in [3.63, 3.8) is 0 Å². The van der Waals surface area contributed by atoms with E-state index < -0.39 is 17.6 Å². The van der Waals surface area contributed by atoms with Crippen LogP contribution in [0, 0.1) is 34.3 Å². The van der Waals surface area contributed by atoms with Crippen molar-refractivity contribution in [2.24, 2.45) is 5.73 Å². The molecular weight excluding hydrogens is 739 g/mol. The lowest BCUT2D eigenvalue weighted by Crippen LogP contribution is -2.22. The second kappa shape index (κ2) is 17.5. The Morgan fingerprint density at radius 3 is 1.75 bits per heavy atom.